The van der Waals surface area contributed by atoms with Crippen LogP contribution in [-0.4, -0.2) is 44.5 Å². The third kappa shape index (κ3) is 3.70. The summed E-state index contributed by atoms with van der Waals surface area (Å²) in [6.07, 6.45) is 4.71. The Labute approximate surface area is 149 Å². The van der Waals surface area contributed by atoms with Crippen LogP contribution in [0.5, 0.6) is 5.75 Å². The van der Waals surface area contributed by atoms with Crippen molar-refractivity contribution in [1.82, 2.24) is 19.7 Å². The molecular formula is C19H28N4O2. The van der Waals surface area contributed by atoms with Crippen molar-refractivity contribution in [2.24, 2.45) is 0 Å². The van der Waals surface area contributed by atoms with E-state index in [1.807, 2.05) is 35.9 Å². The molecule has 1 aromatic carbocycles. The van der Waals surface area contributed by atoms with Gasteiger partial charge in [-0.1, -0.05) is 19.1 Å². The van der Waals surface area contributed by atoms with Gasteiger partial charge in [0.25, 0.3) is 0 Å². The predicted molar refractivity (Wildman–Crippen MR) is 96.3 cm³/mol. The van der Waals surface area contributed by atoms with Crippen molar-refractivity contribution in [3.8, 4) is 5.75 Å². The van der Waals surface area contributed by atoms with Crippen LogP contribution in [-0.2, 0) is 18.7 Å². The van der Waals surface area contributed by atoms with Crippen LogP contribution in [0, 0.1) is 0 Å². The van der Waals surface area contributed by atoms with E-state index in [4.69, 9.17) is 4.74 Å². The lowest BCUT2D eigenvalue weighted by molar-refractivity contribution is -0.0264. The van der Waals surface area contributed by atoms with Gasteiger partial charge in [0, 0.05) is 12.6 Å². The van der Waals surface area contributed by atoms with Gasteiger partial charge in [-0.2, -0.15) is 5.10 Å². The first-order chi connectivity index (χ1) is 12.1. The molecule has 0 spiro atoms. The molecule has 0 radical (unpaired) electrons. The number of methoxy groups -OCH3 is 1. The second-order valence-corrected chi connectivity index (χ2v) is 6.90. The van der Waals surface area contributed by atoms with Crippen LogP contribution < -0.4 is 4.74 Å². The van der Waals surface area contributed by atoms with Gasteiger partial charge in [-0.05, 0) is 50.4 Å². The number of hydrogen-bond acceptors (Lipinski definition) is 5. The van der Waals surface area contributed by atoms with Crippen LogP contribution in [0.2, 0.25) is 0 Å². The van der Waals surface area contributed by atoms with E-state index in [1.54, 1.807) is 13.4 Å². The Hall–Kier alpha value is -1.92. The lowest BCUT2D eigenvalue weighted by Crippen LogP contribution is -2.45. The molecule has 1 aliphatic rings. The molecule has 0 amide bonds. The van der Waals surface area contributed by atoms with Gasteiger partial charge in [-0.25, -0.2) is 9.67 Å². The molecule has 1 aromatic heterocycles. The van der Waals surface area contributed by atoms with Gasteiger partial charge in [0.15, 0.2) is 0 Å². The summed E-state index contributed by atoms with van der Waals surface area (Å²) >= 11 is 0. The molecule has 1 fully saturated rings. The molecule has 6 nitrogen and oxygen atoms in total. The normalized spacial score (nSPS) is 20.6. The number of nitrogens with zero attached hydrogens (tertiary/aromatic N) is 4. The minimum Gasteiger partial charge on any atom is -0.497 e. The van der Waals surface area contributed by atoms with Gasteiger partial charge in [0.05, 0.1) is 13.7 Å². The van der Waals surface area contributed by atoms with Gasteiger partial charge in [-0.15, -0.1) is 0 Å². The summed E-state index contributed by atoms with van der Waals surface area (Å²) in [4.78, 5) is 6.76. The molecule has 3 rings (SSSR count). The second kappa shape index (κ2) is 7.54. The van der Waals surface area contributed by atoms with E-state index in [0.717, 1.165) is 56.0 Å². The Morgan fingerprint density at radius 3 is 2.76 bits per heavy atom. The van der Waals surface area contributed by atoms with Gasteiger partial charge in [-0.3, -0.25) is 4.90 Å². The fraction of sp³-hybridized carbons (Fsp3) is 0.579. The van der Waals surface area contributed by atoms with Crippen molar-refractivity contribution < 1.29 is 9.84 Å². The van der Waals surface area contributed by atoms with E-state index in [2.05, 4.69) is 21.9 Å². The lowest BCUT2D eigenvalue weighted by Gasteiger charge is -2.37. The molecule has 1 aliphatic heterocycles. The highest BCUT2D eigenvalue weighted by molar-refractivity contribution is 5.31. The van der Waals surface area contributed by atoms with Crippen LogP contribution in [0.1, 0.15) is 44.5 Å². The maximum atomic E-state index is 11.3. The summed E-state index contributed by atoms with van der Waals surface area (Å²) in [5.41, 5.74) is -0.00140. The van der Waals surface area contributed by atoms with Crippen LogP contribution in [0.3, 0.4) is 0 Å². The number of rotatable bonds is 7. The lowest BCUT2D eigenvalue weighted by atomic mass is 9.86. The molecule has 2 heterocycles. The number of aromatic nitrogens is 3. The number of aryl methyl sites for hydroxylation is 1. The average Bonchev–Trinajstić information content (AvgIpc) is 3.26. The van der Waals surface area contributed by atoms with Crippen LogP contribution in [0.4, 0.5) is 0 Å². The number of hydrogen-bond donors (Lipinski definition) is 1. The van der Waals surface area contributed by atoms with Crippen molar-refractivity contribution >= 4 is 0 Å². The maximum Gasteiger partial charge on any atom is 0.141 e. The fourth-order valence-electron chi connectivity index (χ4n) is 3.76. The second-order valence-electron chi connectivity index (χ2n) is 6.90. The number of aliphatic hydroxyl groups is 1. The number of benzene rings is 1. The van der Waals surface area contributed by atoms with Gasteiger partial charge < -0.3 is 9.84 Å². The van der Waals surface area contributed by atoms with E-state index in [1.165, 1.54) is 0 Å². The fourth-order valence-corrected chi connectivity index (χ4v) is 3.76. The van der Waals surface area contributed by atoms with E-state index >= 15 is 0 Å². The third-order valence-electron chi connectivity index (χ3n) is 5.16. The molecule has 2 atom stereocenters. The first kappa shape index (κ1) is 17.9. The summed E-state index contributed by atoms with van der Waals surface area (Å²) in [5, 5.41) is 15.6. The zero-order valence-electron chi connectivity index (χ0n) is 15.4. The van der Waals surface area contributed by atoms with Crippen molar-refractivity contribution in [2.75, 3.05) is 13.7 Å². The molecule has 1 saturated heterocycles. The number of ether oxygens (including phenoxy) is 1. The zero-order valence-corrected chi connectivity index (χ0v) is 15.4. The molecule has 0 bridgehead atoms. The highest BCUT2D eigenvalue weighted by Gasteiger charge is 2.40. The minimum absolute atomic E-state index is 0.0627. The maximum absolute atomic E-state index is 11.3. The standard InChI is InChI=1S/C19H28N4O2/c1-4-11-23-18(20-14-21-23)13-22-12-5-6-17(22)19(2,24)15-7-9-16(25-3)10-8-15/h7-10,14,17,24H,4-6,11-13H2,1-3H3/t17-,19-/m1/s1. The van der Waals surface area contributed by atoms with E-state index < -0.39 is 5.60 Å². The highest BCUT2D eigenvalue weighted by atomic mass is 16.5. The summed E-state index contributed by atoms with van der Waals surface area (Å²) in [5.74, 6) is 1.77. The van der Waals surface area contributed by atoms with Crippen molar-refractivity contribution in [3.63, 3.8) is 0 Å². The van der Waals surface area contributed by atoms with E-state index in [9.17, 15) is 5.11 Å². The highest BCUT2D eigenvalue weighted by Crippen LogP contribution is 2.35. The Balaban J connectivity index is 1.78. The minimum atomic E-state index is -0.918. The van der Waals surface area contributed by atoms with Gasteiger partial charge in [0.2, 0.25) is 0 Å². The largest absolute Gasteiger partial charge is 0.497 e. The molecule has 0 unspecified atom stereocenters. The van der Waals surface area contributed by atoms with Crippen molar-refractivity contribution in [2.45, 2.75) is 57.8 Å². The van der Waals surface area contributed by atoms with E-state index in [-0.39, 0.29) is 6.04 Å². The first-order valence-corrected chi connectivity index (χ1v) is 9.04. The molecule has 6 heteroatoms. The quantitative estimate of drug-likeness (QED) is 0.836. The Morgan fingerprint density at radius 1 is 1.32 bits per heavy atom. The Morgan fingerprint density at radius 2 is 2.08 bits per heavy atom. The van der Waals surface area contributed by atoms with Crippen LogP contribution >= 0.6 is 0 Å². The zero-order chi connectivity index (χ0) is 17.9. The SMILES string of the molecule is CCCn1ncnc1CN1CCC[C@@H]1[C@](C)(O)c1ccc(OC)cc1. The van der Waals surface area contributed by atoms with E-state index in [0.29, 0.717) is 0 Å². The molecule has 136 valence electrons. The monoisotopic (exact) mass is 344 g/mol. The average molecular weight is 344 g/mol. The van der Waals surface area contributed by atoms with Crippen LogP contribution in [0.25, 0.3) is 0 Å². The molecular weight excluding hydrogens is 316 g/mol. The third-order valence-corrected chi connectivity index (χ3v) is 5.16. The number of likely N-dealkylation sites (tertiary alicyclic amines) is 1. The smallest absolute Gasteiger partial charge is 0.141 e. The van der Waals surface area contributed by atoms with Gasteiger partial charge >= 0.3 is 0 Å². The summed E-state index contributed by atoms with van der Waals surface area (Å²) in [6, 6.07) is 7.78. The van der Waals surface area contributed by atoms with Crippen LogP contribution in [0.15, 0.2) is 30.6 Å². The molecule has 25 heavy (non-hydrogen) atoms. The molecule has 1 N–H and O–H groups in total. The van der Waals surface area contributed by atoms with Crippen molar-refractivity contribution in [1.29, 1.82) is 0 Å². The van der Waals surface area contributed by atoms with Gasteiger partial charge in [0.1, 0.15) is 23.5 Å². The Bertz CT molecular complexity index is 681. The first-order valence-electron chi connectivity index (χ1n) is 9.04. The summed E-state index contributed by atoms with van der Waals surface area (Å²) < 4.78 is 7.19. The summed E-state index contributed by atoms with van der Waals surface area (Å²) in [6.45, 7) is 6.61. The molecule has 0 saturated carbocycles. The predicted octanol–water partition coefficient (Wildman–Crippen LogP) is 2.57. The molecule has 0 aliphatic carbocycles. The topological polar surface area (TPSA) is 63.4 Å². The Kier molecular flexibility index (Phi) is 5.39. The van der Waals surface area contributed by atoms with Crippen molar-refractivity contribution in [3.05, 3.63) is 42.0 Å². The summed E-state index contributed by atoms with van der Waals surface area (Å²) in [7, 11) is 1.65. The molecule has 2 aromatic rings.